The number of anilines is 1. The van der Waals surface area contributed by atoms with Gasteiger partial charge < -0.3 is 4.90 Å². The third-order valence-corrected chi connectivity index (χ3v) is 7.80. The molecule has 0 radical (unpaired) electrons. The molecule has 1 aliphatic heterocycles. The van der Waals surface area contributed by atoms with E-state index in [4.69, 9.17) is 12.2 Å². The highest BCUT2D eigenvalue weighted by Gasteiger charge is 2.64. The van der Waals surface area contributed by atoms with Gasteiger partial charge in [0.15, 0.2) is 4.32 Å². The number of piperidine rings is 1. The molecular formula is C21H28N4O2S2. The second-order valence-corrected chi connectivity index (χ2v) is 10.3. The molecule has 2 fully saturated rings. The number of hydrogen-bond acceptors (Lipinski definition) is 6. The van der Waals surface area contributed by atoms with Gasteiger partial charge in [0.1, 0.15) is 0 Å². The summed E-state index contributed by atoms with van der Waals surface area (Å²) in [5.41, 5.74) is 4.08. The molecule has 1 heterocycles. The van der Waals surface area contributed by atoms with E-state index < -0.39 is 5.41 Å². The van der Waals surface area contributed by atoms with Crippen molar-refractivity contribution in [3.05, 3.63) is 29.8 Å². The molecule has 1 N–H and O–H groups in total. The summed E-state index contributed by atoms with van der Waals surface area (Å²) >= 11 is 6.55. The van der Waals surface area contributed by atoms with E-state index in [0.29, 0.717) is 4.32 Å². The standard InChI is InChI=1S/C21H28N4O2S2/c1-20(2)16-10-11-21(20,3)18(27)25(17(16)26)13-29-19(28)23-22-12-14-6-8-15(9-7-14)24(4)5/h6-9,12,16H,10-11,13H2,1-5H3,(H,23,28)/b22-12+/t16-,21+/m1/s1. The van der Waals surface area contributed by atoms with Gasteiger partial charge in [-0.05, 0) is 36.0 Å². The minimum Gasteiger partial charge on any atom is -0.378 e. The number of likely N-dealkylation sites (tertiary alicyclic amines) is 1. The van der Waals surface area contributed by atoms with Gasteiger partial charge in [-0.15, -0.1) is 0 Å². The fourth-order valence-corrected chi connectivity index (χ4v) is 5.02. The normalized spacial score (nSPS) is 25.6. The summed E-state index contributed by atoms with van der Waals surface area (Å²) in [5.74, 6) is -0.0371. The van der Waals surface area contributed by atoms with Crippen LogP contribution in [-0.4, -0.2) is 47.2 Å². The van der Waals surface area contributed by atoms with E-state index >= 15 is 0 Å². The third-order valence-electron chi connectivity index (χ3n) is 6.61. The molecule has 0 spiro atoms. The van der Waals surface area contributed by atoms with Crippen LogP contribution in [-0.2, 0) is 9.59 Å². The molecule has 2 atom stereocenters. The van der Waals surface area contributed by atoms with Crippen LogP contribution in [0.4, 0.5) is 5.69 Å². The van der Waals surface area contributed by atoms with Crippen molar-refractivity contribution in [3.8, 4) is 0 Å². The zero-order valence-electron chi connectivity index (χ0n) is 17.6. The number of thioether (sulfide) groups is 1. The van der Waals surface area contributed by atoms with E-state index in [1.807, 2.05) is 64.0 Å². The summed E-state index contributed by atoms with van der Waals surface area (Å²) < 4.78 is 0.425. The first kappa shape index (κ1) is 21.8. The third kappa shape index (κ3) is 3.92. The minimum atomic E-state index is -0.488. The second kappa shape index (κ2) is 8.07. The van der Waals surface area contributed by atoms with Crippen LogP contribution in [0.3, 0.4) is 0 Å². The van der Waals surface area contributed by atoms with E-state index in [-0.39, 0.29) is 29.0 Å². The maximum Gasteiger partial charge on any atom is 0.236 e. The Morgan fingerprint density at radius 1 is 1.31 bits per heavy atom. The zero-order chi connectivity index (χ0) is 21.4. The number of rotatable bonds is 5. The van der Waals surface area contributed by atoms with Crippen LogP contribution in [0.25, 0.3) is 0 Å². The summed E-state index contributed by atoms with van der Waals surface area (Å²) in [6.45, 7) is 6.07. The van der Waals surface area contributed by atoms with Gasteiger partial charge >= 0.3 is 0 Å². The van der Waals surface area contributed by atoms with Crippen molar-refractivity contribution in [2.75, 3.05) is 24.9 Å². The van der Waals surface area contributed by atoms with Crippen molar-refractivity contribution in [2.24, 2.45) is 21.8 Å². The van der Waals surface area contributed by atoms with Gasteiger partial charge in [-0.2, -0.15) is 5.10 Å². The molecule has 6 nitrogen and oxygen atoms in total. The average Bonchev–Trinajstić information content (AvgIpc) is 2.85. The maximum absolute atomic E-state index is 13.0. The number of amides is 2. The lowest BCUT2D eigenvalue weighted by Gasteiger charge is -2.47. The quantitative estimate of drug-likeness (QED) is 0.333. The van der Waals surface area contributed by atoms with Crippen LogP contribution in [0.5, 0.6) is 0 Å². The lowest BCUT2D eigenvalue weighted by Crippen LogP contribution is -2.58. The van der Waals surface area contributed by atoms with Gasteiger partial charge in [-0.25, -0.2) is 0 Å². The monoisotopic (exact) mass is 432 g/mol. The first-order valence-corrected chi connectivity index (χ1v) is 11.1. The Bertz CT molecular complexity index is 851. The van der Waals surface area contributed by atoms with Gasteiger partial charge in [-0.3, -0.25) is 19.9 Å². The number of fused-ring (bicyclic) bond motifs is 2. The van der Waals surface area contributed by atoms with E-state index in [1.54, 1.807) is 6.21 Å². The highest BCUT2D eigenvalue weighted by atomic mass is 32.2. The van der Waals surface area contributed by atoms with Crippen molar-refractivity contribution in [1.82, 2.24) is 10.3 Å². The molecule has 0 aromatic heterocycles. The predicted octanol–water partition coefficient (Wildman–Crippen LogP) is 3.46. The maximum atomic E-state index is 13.0. The van der Waals surface area contributed by atoms with Crippen molar-refractivity contribution < 1.29 is 9.59 Å². The average molecular weight is 433 g/mol. The Balaban J connectivity index is 1.54. The van der Waals surface area contributed by atoms with Gasteiger partial charge in [0, 0.05) is 25.7 Å². The second-order valence-electron chi connectivity index (χ2n) is 8.63. The van der Waals surface area contributed by atoms with Crippen molar-refractivity contribution >= 4 is 52.0 Å². The molecule has 1 saturated heterocycles. The summed E-state index contributed by atoms with van der Waals surface area (Å²) in [7, 11) is 3.98. The summed E-state index contributed by atoms with van der Waals surface area (Å²) in [4.78, 5) is 29.3. The minimum absolute atomic E-state index is 0.0743. The number of thiocarbonyl (C=S) groups is 1. The number of carbonyl (C=O) groups excluding carboxylic acids is 2. The molecular weight excluding hydrogens is 404 g/mol. The Morgan fingerprint density at radius 2 is 1.97 bits per heavy atom. The molecule has 2 amide bonds. The fraction of sp³-hybridized carbons (Fsp3) is 0.524. The molecule has 156 valence electrons. The highest BCUT2D eigenvalue weighted by Crippen LogP contribution is 2.60. The molecule has 1 aromatic rings. The largest absolute Gasteiger partial charge is 0.378 e. The Hall–Kier alpha value is -1.93. The Morgan fingerprint density at radius 3 is 2.59 bits per heavy atom. The van der Waals surface area contributed by atoms with Crippen LogP contribution >= 0.6 is 24.0 Å². The number of hydrogen-bond donors (Lipinski definition) is 1. The van der Waals surface area contributed by atoms with Gasteiger partial charge in [0.25, 0.3) is 0 Å². The molecule has 29 heavy (non-hydrogen) atoms. The fourth-order valence-electron chi connectivity index (χ4n) is 4.20. The van der Waals surface area contributed by atoms with Crippen LogP contribution in [0.15, 0.2) is 29.4 Å². The van der Waals surface area contributed by atoms with E-state index in [2.05, 4.69) is 10.5 Å². The zero-order valence-corrected chi connectivity index (χ0v) is 19.2. The van der Waals surface area contributed by atoms with Crippen molar-refractivity contribution in [2.45, 2.75) is 33.6 Å². The van der Waals surface area contributed by atoms with Crippen LogP contribution in [0.1, 0.15) is 39.2 Å². The van der Waals surface area contributed by atoms with Gasteiger partial charge in [0.2, 0.25) is 11.8 Å². The SMILES string of the molecule is CN(C)c1ccc(/C=N/NC(=S)SCN2C(=O)[C@H]3CC[C@@](C)(C2=O)C3(C)C)cc1. The molecule has 8 heteroatoms. The lowest BCUT2D eigenvalue weighted by molar-refractivity contribution is -0.166. The topological polar surface area (TPSA) is 65.0 Å². The van der Waals surface area contributed by atoms with E-state index in [0.717, 1.165) is 24.1 Å². The van der Waals surface area contributed by atoms with E-state index in [9.17, 15) is 9.59 Å². The summed E-state index contributed by atoms with van der Waals surface area (Å²) in [6, 6.07) is 7.97. The predicted molar refractivity (Wildman–Crippen MR) is 123 cm³/mol. The van der Waals surface area contributed by atoms with E-state index in [1.165, 1.54) is 16.7 Å². The number of nitrogens with one attached hydrogen (secondary N) is 1. The van der Waals surface area contributed by atoms with Crippen molar-refractivity contribution in [3.63, 3.8) is 0 Å². The number of nitrogens with zero attached hydrogens (tertiary/aromatic N) is 3. The Kier molecular flexibility index (Phi) is 6.06. The van der Waals surface area contributed by atoms with Crippen molar-refractivity contribution in [1.29, 1.82) is 0 Å². The highest BCUT2D eigenvalue weighted by molar-refractivity contribution is 8.22. The summed E-state index contributed by atoms with van der Waals surface area (Å²) in [5, 5.41) is 4.16. The molecule has 1 aliphatic carbocycles. The first-order valence-electron chi connectivity index (χ1n) is 9.67. The number of hydrazone groups is 1. The molecule has 1 aromatic carbocycles. The van der Waals surface area contributed by atoms with Crippen LogP contribution in [0.2, 0.25) is 0 Å². The van der Waals surface area contributed by atoms with Gasteiger partial charge in [-0.1, -0.05) is 56.9 Å². The molecule has 3 rings (SSSR count). The summed E-state index contributed by atoms with van der Waals surface area (Å²) in [6.07, 6.45) is 3.22. The number of imide groups is 1. The molecule has 2 bridgehead atoms. The van der Waals surface area contributed by atoms with Crippen LogP contribution < -0.4 is 10.3 Å². The molecule has 0 unspecified atom stereocenters. The van der Waals surface area contributed by atoms with Crippen LogP contribution in [0, 0.1) is 16.7 Å². The molecule has 1 saturated carbocycles. The van der Waals surface area contributed by atoms with Gasteiger partial charge in [0.05, 0.1) is 17.5 Å². The molecule has 2 aliphatic rings. The number of benzene rings is 1. The lowest BCUT2D eigenvalue weighted by atomic mass is 9.62. The smallest absolute Gasteiger partial charge is 0.236 e. The number of carbonyl (C=O) groups is 2. The Labute approximate surface area is 182 Å². The first-order chi connectivity index (χ1) is 13.6.